The number of esters is 2. The van der Waals surface area contributed by atoms with E-state index in [9.17, 15) is 14.7 Å². The standard InChI is InChI=1S/C34H42N2O6/c1-3-5-6-7-8-9-10-11-12-13-24-41-29-20-16-27(17-21-29)34(39)42-30-22-23-31(32(37)25-30)36-35-28-18-14-26(15-19-28)33(38)40-4-2/h14-23,25,37H,3-13,24H2,1-2H3. The highest BCUT2D eigenvalue weighted by Gasteiger charge is 2.11. The van der Waals surface area contributed by atoms with E-state index in [2.05, 4.69) is 17.2 Å². The highest BCUT2D eigenvalue weighted by molar-refractivity contribution is 5.91. The Balaban J connectivity index is 1.39. The number of nitrogens with zero attached hydrogens (tertiary/aromatic N) is 2. The molecule has 3 aromatic rings. The number of aromatic hydroxyl groups is 1. The maximum Gasteiger partial charge on any atom is 0.343 e. The molecule has 0 aliphatic rings. The summed E-state index contributed by atoms with van der Waals surface area (Å²) in [5.74, 6) is -0.260. The molecule has 0 amide bonds. The van der Waals surface area contributed by atoms with Gasteiger partial charge in [0, 0.05) is 6.07 Å². The summed E-state index contributed by atoms with van der Waals surface area (Å²) in [6.07, 6.45) is 12.8. The van der Waals surface area contributed by atoms with Crippen LogP contribution in [0.4, 0.5) is 11.4 Å². The number of rotatable bonds is 18. The van der Waals surface area contributed by atoms with Crippen molar-refractivity contribution in [3.63, 3.8) is 0 Å². The first-order valence-corrected chi connectivity index (χ1v) is 15.0. The molecule has 0 atom stereocenters. The fourth-order valence-corrected chi connectivity index (χ4v) is 4.27. The topological polar surface area (TPSA) is 107 Å². The minimum absolute atomic E-state index is 0.177. The second-order valence-corrected chi connectivity index (χ2v) is 10.1. The summed E-state index contributed by atoms with van der Waals surface area (Å²) >= 11 is 0. The molecule has 224 valence electrons. The fraction of sp³-hybridized carbons (Fsp3) is 0.412. The smallest absolute Gasteiger partial charge is 0.343 e. The Morgan fingerprint density at radius 3 is 1.86 bits per heavy atom. The third-order valence-electron chi connectivity index (χ3n) is 6.67. The molecule has 3 rings (SSSR count). The lowest BCUT2D eigenvalue weighted by atomic mass is 10.1. The van der Waals surface area contributed by atoms with Crippen LogP contribution in [0.25, 0.3) is 0 Å². The van der Waals surface area contributed by atoms with Crippen LogP contribution in [0.1, 0.15) is 98.8 Å². The molecule has 8 heteroatoms. The molecule has 0 bridgehead atoms. The zero-order valence-corrected chi connectivity index (χ0v) is 24.7. The monoisotopic (exact) mass is 574 g/mol. The molecular formula is C34H42N2O6. The molecule has 0 heterocycles. The highest BCUT2D eigenvalue weighted by Crippen LogP contribution is 2.32. The number of carbonyl (C=O) groups excluding carboxylic acids is 2. The Labute approximate surface area is 248 Å². The van der Waals surface area contributed by atoms with Gasteiger partial charge in [-0.15, -0.1) is 5.11 Å². The number of ether oxygens (including phenoxy) is 3. The van der Waals surface area contributed by atoms with Crippen molar-refractivity contribution in [2.24, 2.45) is 10.2 Å². The summed E-state index contributed by atoms with van der Waals surface area (Å²) in [5.41, 5.74) is 1.48. The van der Waals surface area contributed by atoms with Gasteiger partial charge in [0.25, 0.3) is 0 Å². The second kappa shape index (κ2) is 18.3. The predicted molar refractivity (Wildman–Crippen MR) is 163 cm³/mol. The van der Waals surface area contributed by atoms with Gasteiger partial charge in [-0.05, 0) is 74.0 Å². The van der Waals surface area contributed by atoms with E-state index >= 15 is 0 Å². The van der Waals surface area contributed by atoms with Gasteiger partial charge in [0.15, 0.2) is 0 Å². The summed E-state index contributed by atoms with van der Waals surface area (Å²) < 4.78 is 16.2. The van der Waals surface area contributed by atoms with Crippen LogP contribution in [0.2, 0.25) is 0 Å². The van der Waals surface area contributed by atoms with Crippen LogP contribution in [0.5, 0.6) is 17.2 Å². The van der Waals surface area contributed by atoms with Crippen LogP contribution in [0, 0.1) is 0 Å². The molecule has 8 nitrogen and oxygen atoms in total. The van der Waals surface area contributed by atoms with Crippen LogP contribution >= 0.6 is 0 Å². The Hall–Kier alpha value is -4.20. The van der Waals surface area contributed by atoms with E-state index in [1.807, 2.05) is 0 Å². The van der Waals surface area contributed by atoms with E-state index in [0.29, 0.717) is 35.8 Å². The van der Waals surface area contributed by atoms with E-state index in [-0.39, 0.29) is 17.2 Å². The molecular weight excluding hydrogens is 532 g/mol. The van der Waals surface area contributed by atoms with Gasteiger partial charge in [0.2, 0.25) is 0 Å². The number of benzene rings is 3. The second-order valence-electron chi connectivity index (χ2n) is 10.1. The van der Waals surface area contributed by atoms with Crippen molar-refractivity contribution in [2.75, 3.05) is 13.2 Å². The molecule has 0 unspecified atom stereocenters. The average Bonchev–Trinajstić information content (AvgIpc) is 3.00. The third-order valence-corrected chi connectivity index (χ3v) is 6.67. The van der Waals surface area contributed by atoms with Crippen LogP contribution in [-0.2, 0) is 4.74 Å². The molecule has 0 aliphatic carbocycles. The van der Waals surface area contributed by atoms with Gasteiger partial charge in [0.05, 0.1) is 30.0 Å². The number of hydrogen-bond acceptors (Lipinski definition) is 8. The Morgan fingerprint density at radius 1 is 0.667 bits per heavy atom. The SMILES string of the molecule is CCCCCCCCCCCCOc1ccc(C(=O)Oc2ccc(N=Nc3ccc(C(=O)OCC)cc3)c(O)c2)cc1. The summed E-state index contributed by atoms with van der Waals surface area (Å²) in [4.78, 5) is 24.3. The number of unbranched alkanes of at least 4 members (excludes halogenated alkanes) is 9. The van der Waals surface area contributed by atoms with Gasteiger partial charge >= 0.3 is 11.9 Å². The third kappa shape index (κ3) is 11.4. The normalized spacial score (nSPS) is 11.0. The van der Waals surface area contributed by atoms with Crippen molar-refractivity contribution in [1.29, 1.82) is 0 Å². The number of phenolic OH excluding ortho intramolecular Hbond substituents is 1. The van der Waals surface area contributed by atoms with Crippen molar-refractivity contribution in [3.05, 3.63) is 77.9 Å². The maximum absolute atomic E-state index is 12.6. The Morgan fingerprint density at radius 2 is 1.24 bits per heavy atom. The molecule has 0 saturated heterocycles. The molecule has 0 radical (unpaired) electrons. The fourth-order valence-electron chi connectivity index (χ4n) is 4.27. The number of hydrogen-bond donors (Lipinski definition) is 1. The van der Waals surface area contributed by atoms with Crippen LogP contribution in [0.15, 0.2) is 77.0 Å². The predicted octanol–water partition coefficient (Wildman–Crippen LogP) is 9.50. The van der Waals surface area contributed by atoms with E-state index in [0.717, 1.165) is 12.8 Å². The molecule has 0 aromatic heterocycles. The first kappa shape index (κ1) is 32.3. The van der Waals surface area contributed by atoms with E-state index < -0.39 is 11.9 Å². The van der Waals surface area contributed by atoms with Crippen molar-refractivity contribution >= 4 is 23.3 Å². The number of carbonyl (C=O) groups is 2. The summed E-state index contributed by atoms with van der Waals surface area (Å²) in [6, 6.07) is 17.6. The number of phenols is 1. The molecule has 0 fully saturated rings. The van der Waals surface area contributed by atoms with E-state index in [4.69, 9.17) is 14.2 Å². The van der Waals surface area contributed by atoms with Crippen LogP contribution < -0.4 is 9.47 Å². The largest absolute Gasteiger partial charge is 0.505 e. The van der Waals surface area contributed by atoms with Crippen molar-refractivity contribution in [1.82, 2.24) is 0 Å². The summed E-state index contributed by atoms with van der Waals surface area (Å²) in [7, 11) is 0. The van der Waals surface area contributed by atoms with Crippen LogP contribution in [0.3, 0.4) is 0 Å². The minimum atomic E-state index is -0.549. The molecule has 1 N–H and O–H groups in total. The molecule has 3 aromatic carbocycles. The maximum atomic E-state index is 12.6. The van der Waals surface area contributed by atoms with Crippen molar-refractivity contribution in [3.8, 4) is 17.2 Å². The first-order valence-electron chi connectivity index (χ1n) is 15.0. The Kier molecular flexibility index (Phi) is 14.1. The number of azo groups is 1. The lowest BCUT2D eigenvalue weighted by molar-refractivity contribution is 0.0526. The van der Waals surface area contributed by atoms with Gasteiger partial charge in [-0.25, -0.2) is 9.59 Å². The van der Waals surface area contributed by atoms with E-state index in [1.165, 1.54) is 69.6 Å². The molecule has 42 heavy (non-hydrogen) atoms. The highest BCUT2D eigenvalue weighted by atomic mass is 16.5. The van der Waals surface area contributed by atoms with Gasteiger partial charge < -0.3 is 19.3 Å². The van der Waals surface area contributed by atoms with Gasteiger partial charge in [0.1, 0.15) is 22.9 Å². The zero-order chi connectivity index (χ0) is 30.0. The summed E-state index contributed by atoms with van der Waals surface area (Å²) in [6.45, 7) is 4.94. The van der Waals surface area contributed by atoms with E-state index in [1.54, 1.807) is 55.5 Å². The first-order chi connectivity index (χ1) is 20.5. The van der Waals surface area contributed by atoms with Gasteiger partial charge in [-0.1, -0.05) is 64.7 Å². The van der Waals surface area contributed by atoms with Crippen molar-refractivity contribution in [2.45, 2.75) is 78.1 Å². The van der Waals surface area contributed by atoms with Crippen molar-refractivity contribution < 1.29 is 28.9 Å². The molecule has 0 spiro atoms. The average molecular weight is 575 g/mol. The minimum Gasteiger partial charge on any atom is -0.505 e. The molecule has 0 aliphatic heterocycles. The quantitative estimate of drug-likeness (QED) is 0.0702. The van der Waals surface area contributed by atoms with Gasteiger partial charge in [-0.2, -0.15) is 5.11 Å². The lowest BCUT2D eigenvalue weighted by Gasteiger charge is -2.08. The Bertz CT molecular complexity index is 1270. The molecule has 0 saturated carbocycles. The zero-order valence-electron chi connectivity index (χ0n) is 24.7. The van der Waals surface area contributed by atoms with Crippen LogP contribution in [-0.4, -0.2) is 30.3 Å². The lowest BCUT2D eigenvalue weighted by Crippen LogP contribution is -2.08. The summed E-state index contributed by atoms with van der Waals surface area (Å²) in [5, 5.41) is 18.5. The van der Waals surface area contributed by atoms with Gasteiger partial charge in [-0.3, -0.25) is 0 Å².